The summed E-state index contributed by atoms with van der Waals surface area (Å²) >= 11 is 0. The maximum absolute atomic E-state index is 12.8. The first kappa shape index (κ1) is 10.4. The van der Waals surface area contributed by atoms with Gasteiger partial charge in [0.25, 0.3) is 5.91 Å². The van der Waals surface area contributed by atoms with Gasteiger partial charge in [0.05, 0.1) is 0 Å². The molecule has 0 aliphatic rings. The van der Waals surface area contributed by atoms with Gasteiger partial charge in [-0.2, -0.15) is 0 Å². The van der Waals surface area contributed by atoms with Crippen LogP contribution in [0, 0.1) is 12.7 Å². The highest BCUT2D eigenvalue weighted by atomic mass is 19.1. The Morgan fingerprint density at radius 1 is 1.36 bits per heavy atom. The predicted octanol–water partition coefficient (Wildman–Crippen LogP) is 1.06. The molecule has 0 spiro atoms. The first-order valence-electron chi connectivity index (χ1n) is 4.09. The van der Waals surface area contributed by atoms with Crippen LogP contribution in [0.2, 0.25) is 0 Å². The van der Waals surface area contributed by atoms with Gasteiger partial charge in [0.15, 0.2) is 0 Å². The molecule has 0 saturated heterocycles. The van der Waals surface area contributed by atoms with Crippen molar-refractivity contribution in [3.8, 4) is 0 Å². The molecule has 1 aromatic carbocycles. The minimum Gasteiger partial charge on any atom is -0.352 e. The zero-order chi connectivity index (χ0) is 10.7. The second-order valence-corrected chi connectivity index (χ2v) is 2.87. The summed E-state index contributed by atoms with van der Waals surface area (Å²) in [6, 6.07) is 3.82. The molecular weight excluding hydrogens is 185 g/mol. The van der Waals surface area contributed by atoms with Crippen molar-refractivity contribution >= 4 is 11.7 Å². The average Bonchev–Trinajstić information content (AvgIpc) is 2.20. The number of likely N-dealkylation sites (N-methyl/N-ethyl adjacent to an activating group) is 1. The van der Waals surface area contributed by atoms with Crippen LogP contribution >= 0.6 is 0 Å². The van der Waals surface area contributed by atoms with Gasteiger partial charge in [-0.05, 0) is 30.7 Å². The monoisotopic (exact) mass is 195 g/mol. The topological polar surface area (TPSA) is 46.2 Å². The highest BCUT2D eigenvalue weighted by Gasteiger charge is 2.14. The summed E-state index contributed by atoms with van der Waals surface area (Å²) in [6.45, 7) is 1.54. The summed E-state index contributed by atoms with van der Waals surface area (Å²) in [5, 5.41) is 2.22. The van der Waals surface area contributed by atoms with Crippen LogP contribution < -0.4 is 5.32 Å². The van der Waals surface area contributed by atoms with Gasteiger partial charge >= 0.3 is 0 Å². The van der Waals surface area contributed by atoms with E-state index in [1.165, 1.54) is 32.2 Å². The van der Waals surface area contributed by atoms with Crippen LogP contribution in [-0.4, -0.2) is 18.7 Å². The Hall–Kier alpha value is -1.71. The number of rotatable bonds is 2. The number of benzene rings is 1. The Kier molecular flexibility index (Phi) is 2.96. The molecule has 74 valence electrons. The Balaban J connectivity index is 3.03. The van der Waals surface area contributed by atoms with Gasteiger partial charge < -0.3 is 5.32 Å². The first-order chi connectivity index (χ1) is 6.56. The van der Waals surface area contributed by atoms with E-state index < -0.39 is 17.5 Å². The fourth-order valence-corrected chi connectivity index (χ4v) is 1.03. The summed E-state index contributed by atoms with van der Waals surface area (Å²) in [4.78, 5) is 22.3. The quantitative estimate of drug-likeness (QED) is 0.566. The van der Waals surface area contributed by atoms with E-state index in [4.69, 9.17) is 0 Å². The predicted molar refractivity (Wildman–Crippen MR) is 49.5 cm³/mol. The van der Waals surface area contributed by atoms with Crippen molar-refractivity contribution in [2.24, 2.45) is 0 Å². The van der Waals surface area contributed by atoms with E-state index in [9.17, 15) is 14.0 Å². The third-order valence-corrected chi connectivity index (χ3v) is 1.85. The lowest BCUT2D eigenvalue weighted by Gasteiger charge is -2.01. The van der Waals surface area contributed by atoms with Gasteiger partial charge in [0.2, 0.25) is 5.78 Å². The van der Waals surface area contributed by atoms with Crippen molar-refractivity contribution in [3.63, 3.8) is 0 Å². The van der Waals surface area contributed by atoms with Crippen LogP contribution in [0.4, 0.5) is 4.39 Å². The van der Waals surface area contributed by atoms with Gasteiger partial charge in [-0.3, -0.25) is 9.59 Å². The van der Waals surface area contributed by atoms with Crippen molar-refractivity contribution in [1.29, 1.82) is 0 Å². The van der Waals surface area contributed by atoms with E-state index >= 15 is 0 Å². The van der Waals surface area contributed by atoms with Crippen LogP contribution in [0.5, 0.6) is 0 Å². The largest absolute Gasteiger partial charge is 0.352 e. The molecule has 14 heavy (non-hydrogen) atoms. The number of amides is 1. The molecule has 0 aliphatic heterocycles. The number of carbonyl (C=O) groups excluding carboxylic acids is 2. The van der Waals surface area contributed by atoms with Crippen molar-refractivity contribution in [2.45, 2.75) is 6.92 Å². The molecular formula is C10H10FNO2. The Morgan fingerprint density at radius 3 is 2.50 bits per heavy atom. The lowest BCUT2D eigenvalue weighted by molar-refractivity contribution is -0.116. The molecule has 1 N–H and O–H groups in total. The van der Waals surface area contributed by atoms with Crippen LogP contribution in [0.25, 0.3) is 0 Å². The Morgan fingerprint density at radius 2 is 2.00 bits per heavy atom. The maximum atomic E-state index is 12.8. The van der Waals surface area contributed by atoms with Crippen LogP contribution in [0.15, 0.2) is 18.2 Å². The molecule has 0 aromatic heterocycles. The van der Waals surface area contributed by atoms with Crippen molar-refractivity contribution < 1.29 is 14.0 Å². The molecule has 1 aromatic rings. The third kappa shape index (κ3) is 1.96. The molecule has 0 unspecified atom stereocenters. The number of aryl methyl sites for hydroxylation is 1. The van der Waals surface area contributed by atoms with E-state index in [-0.39, 0.29) is 5.56 Å². The van der Waals surface area contributed by atoms with Gasteiger partial charge in [-0.15, -0.1) is 0 Å². The molecule has 0 heterocycles. The van der Waals surface area contributed by atoms with E-state index in [2.05, 4.69) is 5.32 Å². The molecule has 1 rings (SSSR count). The average molecular weight is 195 g/mol. The summed E-state index contributed by atoms with van der Waals surface area (Å²) in [6.07, 6.45) is 0. The van der Waals surface area contributed by atoms with E-state index in [1.54, 1.807) is 0 Å². The third-order valence-electron chi connectivity index (χ3n) is 1.85. The number of hydrogen-bond donors (Lipinski definition) is 1. The molecule has 0 fully saturated rings. The molecule has 0 aliphatic carbocycles. The molecule has 0 saturated carbocycles. The Labute approximate surface area is 80.9 Å². The SMILES string of the molecule is CNC(=O)C(=O)c1ccc(F)c(C)c1. The van der Waals surface area contributed by atoms with E-state index in [0.717, 1.165) is 0 Å². The number of halogens is 1. The fraction of sp³-hybridized carbons (Fsp3) is 0.200. The van der Waals surface area contributed by atoms with Crippen LogP contribution in [0.1, 0.15) is 15.9 Å². The van der Waals surface area contributed by atoms with Gasteiger partial charge in [0, 0.05) is 12.6 Å². The van der Waals surface area contributed by atoms with Crippen molar-refractivity contribution in [1.82, 2.24) is 5.32 Å². The zero-order valence-electron chi connectivity index (χ0n) is 7.93. The summed E-state index contributed by atoms with van der Waals surface area (Å²) in [7, 11) is 1.37. The normalized spacial score (nSPS) is 9.64. The molecule has 0 bridgehead atoms. The van der Waals surface area contributed by atoms with Gasteiger partial charge in [0.1, 0.15) is 5.82 Å². The lowest BCUT2D eigenvalue weighted by atomic mass is 10.1. The van der Waals surface area contributed by atoms with Crippen molar-refractivity contribution in [2.75, 3.05) is 7.05 Å². The molecule has 1 amide bonds. The standard InChI is InChI=1S/C10H10FNO2/c1-6-5-7(3-4-8(6)11)9(13)10(14)12-2/h3-5H,1-2H3,(H,12,14). The molecule has 0 radical (unpaired) electrons. The van der Waals surface area contributed by atoms with Gasteiger partial charge in [-0.1, -0.05) is 0 Å². The molecule has 4 heteroatoms. The number of Topliss-reactive ketones (excluding diaryl/α,β-unsaturated/α-hetero) is 1. The Bertz CT molecular complexity index is 388. The molecule has 0 atom stereocenters. The first-order valence-corrected chi connectivity index (χ1v) is 4.09. The number of hydrogen-bond acceptors (Lipinski definition) is 2. The number of nitrogens with one attached hydrogen (secondary N) is 1. The zero-order valence-corrected chi connectivity index (χ0v) is 7.93. The smallest absolute Gasteiger partial charge is 0.292 e. The summed E-state index contributed by atoms with van der Waals surface area (Å²) < 4.78 is 12.8. The fourth-order valence-electron chi connectivity index (χ4n) is 1.03. The molecule has 3 nitrogen and oxygen atoms in total. The van der Waals surface area contributed by atoms with Crippen molar-refractivity contribution in [3.05, 3.63) is 35.1 Å². The second-order valence-electron chi connectivity index (χ2n) is 2.87. The minimum absolute atomic E-state index is 0.197. The van der Waals surface area contributed by atoms with E-state index in [1.807, 2.05) is 0 Å². The highest BCUT2D eigenvalue weighted by Crippen LogP contribution is 2.09. The van der Waals surface area contributed by atoms with E-state index in [0.29, 0.717) is 5.56 Å². The summed E-state index contributed by atoms with van der Waals surface area (Å²) in [5.74, 6) is -1.75. The maximum Gasteiger partial charge on any atom is 0.292 e. The minimum atomic E-state index is -0.698. The second kappa shape index (κ2) is 4.00. The highest BCUT2D eigenvalue weighted by molar-refractivity contribution is 6.42. The van der Waals surface area contributed by atoms with Crippen LogP contribution in [0.3, 0.4) is 0 Å². The van der Waals surface area contributed by atoms with Gasteiger partial charge in [-0.25, -0.2) is 4.39 Å². The number of carbonyl (C=O) groups is 2. The lowest BCUT2D eigenvalue weighted by Crippen LogP contribution is -2.27. The number of ketones is 1. The van der Waals surface area contributed by atoms with Crippen LogP contribution in [-0.2, 0) is 4.79 Å². The summed E-state index contributed by atoms with van der Waals surface area (Å²) in [5.41, 5.74) is 0.544.